The minimum absolute atomic E-state index is 0.0374. The Balaban J connectivity index is 2.31. The number of amides is 1. The molecule has 2 heterocycles. The molecule has 0 spiro atoms. The highest BCUT2D eigenvalue weighted by Crippen LogP contribution is 2.46. The van der Waals surface area contributed by atoms with E-state index in [9.17, 15) is 14.7 Å². The molecule has 1 amide bonds. The quantitative estimate of drug-likeness (QED) is 0.363. The Morgan fingerprint density at radius 3 is 2.12 bits per heavy atom. The summed E-state index contributed by atoms with van der Waals surface area (Å²) in [4.78, 5) is 27.6. The predicted molar refractivity (Wildman–Crippen MR) is 120 cm³/mol. The molecule has 1 aromatic heterocycles. The van der Waals surface area contributed by atoms with Gasteiger partial charge in [0.2, 0.25) is 5.75 Å². The number of carbonyl (C=O) groups is 2. The van der Waals surface area contributed by atoms with Crippen LogP contribution in [0.2, 0.25) is 0 Å². The number of nitrogens with zero attached hydrogens (tertiary/aromatic N) is 3. The molecule has 1 atom stereocenters. The number of hydrogen-bond acceptors (Lipinski definition) is 8. The van der Waals surface area contributed by atoms with Crippen LogP contribution in [0.5, 0.6) is 17.2 Å². The number of aromatic nitrogens is 2. The van der Waals surface area contributed by atoms with E-state index in [1.54, 1.807) is 37.7 Å². The van der Waals surface area contributed by atoms with Gasteiger partial charge in [-0.1, -0.05) is 0 Å². The lowest BCUT2D eigenvalue weighted by atomic mass is 9.94. The van der Waals surface area contributed by atoms with Crippen LogP contribution in [0, 0.1) is 13.8 Å². The minimum Gasteiger partial charge on any atom is -0.507 e. The molecule has 0 bridgehead atoms. The first-order valence-electron chi connectivity index (χ1n) is 10.3. The predicted octanol–water partition coefficient (Wildman–Crippen LogP) is 2.13. The molecule has 1 aliphatic heterocycles. The number of methoxy groups -OCH3 is 4. The van der Waals surface area contributed by atoms with Gasteiger partial charge in [0, 0.05) is 26.4 Å². The van der Waals surface area contributed by atoms with Crippen molar-refractivity contribution >= 4 is 17.4 Å². The Morgan fingerprint density at radius 1 is 1.06 bits per heavy atom. The Hall–Kier alpha value is -3.53. The van der Waals surface area contributed by atoms with Gasteiger partial charge < -0.3 is 29.0 Å². The molecule has 1 fully saturated rings. The number of ether oxygens (including phenoxy) is 4. The van der Waals surface area contributed by atoms with Crippen LogP contribution >= 0.6 is 0 Å². The molecular weight excluding hydrogens is 430 g/mol. The topological polar surface area (TPSA) is 112 Å². The molecular formula is C23H29N3O7. The van der Waals surface area contributed by atoms with E-state index >= 15 is 0 Å². The van der Waals surface area contributed by atoms with Gasteiger partial charge in [-0.05, 0) is 31.5 Å². The molecule has 178 valence electrons. The highest BCUT2D eigenvalue weighted by atomic mass is 16.5. The zero-order chi connectivity index (χ0) is 24.4. The van der Waals surface area contributed by atoms with Crippen molar-refractivity contribution in [3.05, 3.63) is 40.2 Å². The van der Waals surface area contributed by atoms with Crippen LogP contribution < -0.4 is 14.2 Å². The van der Waals surface area contributed by atoms with Gasteiger partial charge in [0.25, 0.3) is 11.7 Å². The highest BCUT2D eigenvalue weighted by Gasteiger charge is 2.47. The second-order valence-electron chi connectivity index (χ2n) is 7.61. The van der Waals surface area contributed by atoms with E-state index in [1.165, 1.54) is 33.3 Å². The molecule has 10 nitrogen and oxygen atoms in total. The molecule has 1 aromatic carbocycles. The van der Waals surface area contributed by atoms with Crippen LogP contribution in [0.25, 0.3) is 5.76 Å². The summed E-state index contributed by atoms with van der Waals surface area (Å²) in [7, 11) is 7.69. The molecule has 0 aliphatic carbocycles. The molecule has 3 rings (SSSR count). The summed E-state index contributed by atoms with van der Waals surface area (Å²) in [5.41, 5.74) is 2.10. The molecule has 1 aliphatic rings. The van der Waals surface area contributed by atoms with Gasteiger partial charge >= 0.3 is 0 Å². The fraction of sp³-hybridized carbons (Fsp3) is 0.435. The lowest BCUT2D eigenvalue weighted by Gasteiger charge is -2.26. The van der Waals surface area contributed by atoms with Crippen molar-refractivity contribution < 1.29 is 33.6 Å². The lowest BCUT2D eigenvalue weighted by molar-refractivity contribution is -0.140. The first kappa shape index (κ1) is 24.1. The molecule has 0 radical (unpaired) electrons. The number of Topliss-reactive ketones (excluding diaryl/α,β-unsaturated/α-hetero) is 1. The number of rotatable bonds is 8. The first-order valence-corrected chi connectivity index (χ1v) is 10.3. The second-order valence-corrected chi connectivity index (χ2v) is 7.61. The van der Waals surface area contributed by atoms with Gasteiger partial charge in [0.1, 0.15) is 5.76 Å². The average Bonchev–Trinajstić information content (AvgIpc) is 3.21. The van der Waals surface area contributed by atoms with Crippen molar-refractivity contribution in [3.8, 4) is 17.2 Å². The zero-order valence-corrected chi connectivity index (χ0v) is 19.9. The SMILES string of the molecule is COCCN1C(=O)C(=O)/C(=C(/O)c2c(C)nn(C)c2C)C1c1cc(OC)c(OC)c(OC)c1. The number of carbonyl (C=O) groups excluding carboxylic acids is 2. The monoisotopic (exact) mass is 459 g/mol. The largest absolute Gasteiger partial charge is 0.507 e. The minimum atomic E-state index is -0.895. The van der Waals surface area contributed by atoms with Gasteiger partial charge in [-0.2, -0.15) is 5.10 Å². The van der Waals surface area contributed by atoms with Crippen LogP contribution in [0.4, 0.5) is 0 Å². The summed E-state index contributed by atoms with van der Waals surface area (Å²) < 4.78 is 23.1. The molecule has 33 heavy (non-hydrogen) atoms. The van der Waals surface area contributed by atoms with E-state index in [-0.39, 0.29) is 24.5 Å². The number of aryl methyl sites for hydroxylation is 2. The van der Waals surface area contributed by atoms with Gasteiger partial charge in [-0.25, -0.2) is 0 Å². The van der Waals surface area contributed by atoms with E-state index in [2.05, 4.69) is 5.10 Å². The van der Waals surface area contributed by atoms with Crippen molar-refractivity contribution in [2.75, 3.05) is 41.6 Å². The molecule has 1 N–H and O–H groups in total. The molecule has 1 saturated heterocycles. The Kier molecular flexibility index (Phi) is 6.97. The Bertz CT molecular complexity index is 1090. The third-order valence-electron chi connectivity index (χ3n) is 5.82. The second kappa shape index (κ2) is 9.53. The van der Waals surface area contributed by atoms with Crippen molar-refractivity contribution in [2.24, 2.45) is 7.05 Å². The fourth-order valence-corrected chi connectivity index (χ4v) is 4.16. The van der Waals surface area contributed by atoms with E-state index in [0.29, 0.717) is 39.8 Å². The standard InChI is InChI=1S/C23H29N3O7/c1-12-17(13(2)25(3)24-12)20(27)18-19(26(8-9-30-4)23(29)21(18)28)14-10-15(31-5)22(33-7)16(11-14)32-6/h10-11,19,27H,8-9H2,1-7H3/b20-18+. The zero-order valence-electron chi connectivity index (χ0n) is 19.9. The maximum absolute atomic E-state index is 13.2. The third kappa shape index (κ3) is 4.02. The van der Waals surface area contributed by atoms with E-state index < -0.39 is 17.7 Å². The van der Waals surface area contributed by atoms with E-state index in [4.69, 9.17) is 18.9 Å². The van der Waals surface area contributed by atoms with E-state index in [0.717, 1.165) is 0 Å². The van der Waals surface area contributed by atoms with Crippen LogP contribution in [-0.2, 0) is 21.4 Å². The van der Waals surface area contributed by atoms with Crippen LogP contribution in [0.15, 0.2) is 17.7 Å². The summed E-state index contributed by atoms with van der Waals surface area (Å²) in [5.74, 6) is -0.709. The number of hydrogen-bond donors (Lipinski definition) is 1. The Morgan fingerprint density at radius 2 is 1.67 bits per heavy atom. The molecule has 10 heteroatoms. The maximum atomic E-state index is 13.2. The van der Waals surface area contributed by atoms with Crippen molar-refractivity contribution in [2.45, 2.75) is 19.9 Å². The van der Waals surface area contributed by atoms with Crippen LogP contribution in [0.1, 0.15) is 28.6 Å². The smallest absolute Gasteiger partial charge is 0.295 e. The van der Waals surface area contributed by atoms with Crippen LogP contribution in [-0.4, -0.2) is 73.1 Å². The number of ketones is 1. The normalized spacial score (nSPS) is 17.5. The number of aliphatic hydroxyl groups excluding tert-OH is 1. The molecule has 2 aromatic rings. The lowest BCUT2D eigenvalue weighted by Crippen LogP contribution is -2.32. The summed E-state index contributed by atoms with van der Waals surface area (Å²) in [5, 5.41) is 15.6. The van der Waals surface area contributed by atoms with Crippen molar-refractivity contribution in [3.63, 3.8) is 0 Å². The number of aliphatic hydroxyl groups is 1. The summed E-state index contributed by atoms with van der Waals surface area (Å²) in [6.45, 7) is 3.87. The van der Waals surface area contributed by atoms with E-state index in [1.807, 2.05) is 0 Å². The highest BCUT2D eigenvalue weighted by molar-refractivity contribution is 6.46. The average molecular weight is 459 g/mol. The number of likely N-dealkylation sites (tertiary alicyclic amines) is 1. The van der Waals surface area contributed by atoms with Crippen molar-refractivity contribution in [1.29, 1.82) is 0 Å². The summed E-state index contributed by atoms with van der Waals surface area (Å²) in [6.07, 6.45) is 0. The van der Waals surface area contributed by atoms with Gasteiger partial charge in [0.05, 0.1) is 50.8 Å². The van der Waals surface area contributed by atoms with Crippen LogP contribution in [0.3, 0.4) is 0 Å². The Labute approximate surface area is 192 Å². The van der Waals surface area contributed by atoms with Gasteiger partial charge in [-0.3, -0.25) is 14.3 Å². The van der Waals surface area contributed by atoms with Gasteiger partial charge in [-0.15, -0.1) is 0 Å². The summed E-state index contributed by atoms with van der Waals surface area (Å²) >= 11 is 0. The first-order chi connectivity index (χ1) is 15.7. The molecule has 1 unspecified atom stereocenters. The van der Waals surface area contributed by atoms with Crippen molar-refractivity contribution in [1.82, 2.24) is 14.7 Å². The number of benzene rings is 1. The molecule has 0 saturated carbocycles. The third-order valence-corrected chi connectivity index (χ3v) is 5.82. The summed E-state index contributed by atoms with van der Waals surface area (Å²) in [6, 6.07) is 2.43. The fourth-order valence-electron chi connectivity index (χ4n) is 4.16. The van der Waals surface area contributed by atoms with Gasteiger partial charge in [0.15, 0.2) is 11.5 Å². The maximum Gasteiger partial charge on any atom is 0.295 e.